The molecule has 146 valence electrons. The van der Waals surface area contributed by atoms with Gasteiger partial charge in [-0.15, -0.1) is 11.3 Å². The lowest BCUT2D eigenvalue weighted by molar-refractivity contribution is 0.0699. The molecule has 2 N–H and O–H groups in total. The molecule has 0 fully saturated rings. The molecule has 8 nitrogen and oxygen atoms in total. The predicted molar refractivity (Wildman–Crippen MR) is 110 cm³/mol. The summed E-state index contributed by atoms with van der Waals surface area (Å²) in [5, 5.41) is 19.2. The van der Waals surface area contributed by atoms with E-state index in [2.05, 4.69) is 15.4 Å². The van der Waals surface area contributed by atoms with Gasteiger partial charge < -0.3 is 15.0 Å². The van der Waals surface area contributed by atoms with Gasteiger partial charge in [-0.2, -0.15) is 5.10 Å². The third kappa shape index (κ3) is 3.78. The Labute approximate surface area is 174 Å². The van der Waals surface area contributed by atoms with Gasteiger partial charge in [-0.1, -0.05) is 11.6 Å². The molecule has 0 aliphatic carbocycles. The second kappa shape index (κ2) is 7.53. The molecule has 1 aromatic carbocycles. The van der Waals surface area contributed by atoms with Crippen molar-refractivity contribution in [2.24, 2.45) is 7.05 Å². The average Bonchev–Trinajstić information content (AvgIpc) is 3.41. The highest BCUT2D eigenvalue weighted by Gasteiger charge is 2.23. The van der Waals surface area contributed by atoms with Gasteiger partial charge in [0.25, 0.3) is 5.91 Å². The number of aromatic nitrogens is 4. The van der Waals surface area contributed by atoms with E-state index in [4.69, 9.17) is 11.6 Å². The first-order chi connectivity index (χ1) is 13.9. The van der Waals surface area contributed by atoms with Gasteiger partial charge in [-0.05, 0) is 24.3 Å². The third-order valence-electron chi connectivity index (χ3n) is 4.15. The van der Waals surface area contributed by atoms with Crippen LogP contribution >= 0.6 is 22.9 Å². The van der Waals surface area contributed by atoms with E-state index in [1.807, 2.05) is 12.1 Å². The summed E-state index contributed by atoms with van der Waals surface area (Å²) in [6, 6.07) is 7.11. The van der Waals surface area contributed by atoms with Crippen LogP contribution in [0.15, 0.2) is 54.6 Å². The summed E-state index contributed by atoms with van der Waals surface area (Å²) in [6.45, 7) is 0. The molecule has 0 bridgehead atoms. The van der Waals surface area contributed by atoms with Gasteiger partial charge in [0.2, 0.25) is 0 Å². The molecule has 10 heteroatoms. The molecule has 0 unspecified atom stereocenters. The number of thiophene rings is 1. The third-order valence-corrected chi connectivity index (χ3v) is 5.30. The number of benzene rings is 1. The second-order valence-corrected chi connectivity index (χ2v) is 7.50. The number of anilines is 1. The zero-order valence-corrected chi connectivity index (χ0v) is 16.6. The van der Waals surface area contributed by atoms with E-state index in [-0.39, 0.29) is 16.3 Å². The van der Waals surface area contributed by atoms with Gasteiger partial charge >= 0.3 is 5.97 Å². The fraction of sp³-hybridized carbons (Fsp3) is 0.0526. The van der Waals surface area contributed by atoms with E-state index >= 15 is 0 Å². The Bertz CT molecular complexity index is 1210. The monoisotopic (exact) mass is 427 g/mol. The lowest BCUT2D eigenvalue weighted by Gasteiger charge is -2.04. The molecule has 0 saturated carbocycles. The minimum Gasteiger partial charge on any atom is -0.478 e. The van der Waals surface area contributed by atoms with E-state index in [1.54, 1.807) is 52.4 Å². The molecule has 4 aromatic rings. The number of carboxylic acid groups (broad SMARTS) is 1. The number of carbonyl (C=O) groups excluding carboxylic acids is 1. The molecular weight excluding hydrogens is 414 g/mol. The van der Waals surface area contributed by atoms with Crippen molar-refractivity contribution in [3.8, 4) is 16.8 Å². The molecule has 3 heterocycles. The first kappa shape index (κ1) is 18.9. The normalized spacial score (nSPS) is 10.8. The van der Waals surface area contributed by atoms with E-state index in [1.165, 1.54) is 6.33 Å². The van der Waals surface area contributed by atoms with Crippen LogP contribution in [0, 0.1) is 0 Å². The second-order valence-electron chi connectivity index (χ2n) is 6.19. The maximum Gasteiger partial charge on any atom is 0.339 e. The number of rotatable bonds is 5. The van der Waals surface area contributed by atoms with Crippen LogP contribution in [0.1, 0.15) is 20.8 Å². The Balaban J connectivity index is 1.66. The largest absolute Gasteiger partial charge is 0.478 e. The van der Waals surface area contributed by atoms with Crippen LogP contribution in [0.3, 0.4) is 0 Å². The standard InChI is InChI=1S/C19H14ClN5O3S/c1-24-8-15(21-10-24)17(26)23-18-16(19(27)28)14(9-29-18)11-6-22-25(7-11)13-4-2-12(20)3-5-13/h2-10H,1H3,(H,23,26)(H,27,28). The van der Waals surface area contributed by atoms with E-state index in [0.29, 0.717) is 16.1 Å². The van der Waals surface area contributed by atoms with Crippen LogP contribution in [0.25, 0.3) is 16.8 Å². The molecular formula is C19H14ClN5O3S. The molecule has 1 amide bonds. The van der Waals surface area contributed by atoms with Crippen molar-refractivity contribution in [3.63, 3.8) is 0 Å². The first-order valence-electron chi connectivity index (χ1n) is 8.37. The van der Waals surface area contributed by atoms with Gasteiger partial charge in [0.15, 0.2) is 0 Å². The number of aryl methyl sites for hydroxylation is 1. The number of amides is 1. The van der Waals surface area contributed by atoms with Crippen LogP contribution in [-0.2, 0) is 7.05 Å². The van der Waals surface area contributed by atoms with Crippen LogP contribution in [0.5, 0.6) is 0 Å². The van der Waals surface area contributed by atoms with Crippen LogP contribution in [0.2, 0.25) is 5.02 Å². The fourth-order valence-corrected chi connectivity index (χ4v) is 3.85. The molecule has 0 spiro atoms. The quantitative estimate of drug-likeness (QED) is 0.502. The maximum absolute atomic E-state index is 12.4. The first-order valence-corrected chi connectivity index (χ1v) is 9.63. The SMILES string of the molecule is Cn1cnc(C(=O)Nc2scc(-c3cnn(-c4ccc(Cl)cc4)c3)c2C(=O)O)c1. The number of hydrogen-bond acceptors (Lipinski definition) is 5. The van der Waals surface area contributed by atoms with Gasteiger partial charge in [-0.3, -0.25) is 4.79 Å². The van der Waals surface area contributed by atoms with Crippen molar-refractivity contribution >= 4 is 39.8 Å². The lowest BCUT2D eigenvalue weighted by Crippen LogP contribution is -2.14. The number of carboxylic acids is 1. The molecule has 0 saturated heterocycles. The average molecular weight is 428 g/mol. The highest BCUT2D eigenvalue weighted by atomic mass is 35.5. The highest BCUT2D eigenvalue weighted by molar-refractivity contribution is 7.15. The molecule has 0 aliphatic rings. The fourth-order valence-electron chi connectivity index (χ4n) is 2.77. The van der Waals surface area contributed by atoms with Crippen molar-refractivity contribution in [2.75, 3.05) is 5.32 Å². The number of aromatic carboxylic acids is 1. The number of imidazole rings is 1. The van der Waals surface area contributed by atoms with Crippen LogP contribution in [-0.4, -0.2) is 36.3 Å². The van der Waals surface area contributed by atoms with Crippen LogP contribution in [0.4, 0.5) is 5.00 Å². The molecule has 4 rings (SSSR count). The van der Waals surface area contributed by atoms with E-state index in [0.717, 1.165) is 17.0 Å². The Hall–Kier alpha value is -3.43. The topological polar surface area (TPSA) is 102 Å². The molecule has 0 aliphatic heterocycles. The number of halogens is 1. The summed E-state index contributed by atoms with van der Waals surface area (Å²) in [4.78, 5) is 28.3. The van der Waals surface area contributed by atoms with E-state index in [9.17, 15) is 14.7 Å². The summed E-state index contributed by atoms with van der Waals surface area (Å²) in [7, 11) is 1.74. The maximum atomic E-state index is 12.4. The Morgan fingerprint density at radius 1 is 1.21 bits per heavy atom. The van der Waals surface area contributed by atoms with Gasteiger partial charge in [0.1, 0.15) is 16.3 Å². The van der Waals surface area contributed by atoms with Crippen molar-refractivity contribution in [2.45, 2.75) is 0 Å². The minimum atomic E-state index is -1.14. The van der Waals surface area contributed by atoms with Crippen molar-refractivity contribution < 1.29 is 14.7 Å². The van der Waals surface area contributed by atoms with Gasteiger partial charge in [0, 0.05) is 41.0 Å². The smallest absolute Gasteiger partial charge is 0.339 e. The Morgan fingerprint density at radius 2 is 1.97 bits per heavy atom. The molecule has 3 aromatic heterocycles. The highest BCUT2D eigenvalue weighted by Crippen LogP contribution is 2.36. The molecule has 29 heavy (non-hydrogen) atoms. The number of hydrogen-bond donors (Lipinski definition) is 2. The molecule has 0 atom stereocenters. The van der Waals surface area contributed by atoms with E-state index < -0.39 is 11.9 Å². The predicted octanol–water partition coefficient (Wildman–Crippen LogP) is 3.94. The summed E-state index contributed by atoms with van der Waals surface area (Å²) < 4.78 is 3.26. The summed E-state index contributed by atoms with van der Waals surface area (Å²) in [5.41, 5.74) is 2.09. The zero-order chi connectivity index (χ0) is 20.5. The number of nitrogens with one attached hydrogen (secondary N) is 1. The van der Waals surface area contributed by atoms with Gasteiger partial charge in [0.05, 0.1) is 18.2 Å². The Kier molecular flexibility index (Phi) is 4.91. The number of carbonyl (C=O) groups is 2. The zero-order valence-electron chi connectivity index (χ0n) is 15.0. The summed E-state index contributed by atoms with van der Waals surface area (Å²) >= 11 is 7.05. The summed E-state index contributed by atoms with van der Waals surface area (Å²) in [5.74, 6) is -1.62. The lowest BCUT2D eigenvalue weighted by atomic mass is 10.1. The van der Waals surface area contributed by atoms with Crippen molar-refractivity contribution in [3.05, 3.63) is 70.8 Å². The Morgan fingerprint density at radius 3 is 2.62 bits per heavy atom. The van der Waals surface area contributed by atoms with Crippen molar-refractivity contribution in [1.29, 1.82) is 0 Å². The summed E-state index contributed by atoms with van der Waals surface area (Å²) in [6.07, 6.45) is 6.36. The van der Waals surface area contributed by atoms with Gasteiger partial charge in [-0.25, -0.2) is 14.5 Å². The molecule has 0 radical (unpaired) electrons. The van der Waals surface area contributed by atoms with Crippen molar-refractivity contribution in [1.82, 2.24) is 19.3 Å². The minimum absolute atomic E-state index is 0.00920. The number of nitrogens with zero attached hydrogens (tertiary/aromatic N) is 4. The van der Waals surface area contributed by atoms with Crippen LogP contribution < -0.4 is 5.32 Å².